The van der Waals surface area contributed by atoms with Gasteiger partial charge >= 0.3 is 0 Å². The molecule has 0 amide bonds. The molecule has 0 fully saturated rings. The van der Waals surface area contributed by atoms with Crippen LogP contribution >= 0.6 is 11.8 Å². The molecule has 0 aromatic heterocycles. The van der Waals surface area contributed by atoms with E-state index in [0.29, 0.717) is 9.79 Å². The lowest BCUT2D eigenvalue weighted by molar-refractivity contribution is -0.936. The predicted octanol–water partition coefficient (Wildman–Crippen LogP) is 6.69. The van der Waals surface area contributed by atoms with E-state index >= 15 is 0 Å². The summed E-state index contributed by atoms with van der Waals surface area (Å²) in [5, 5.41) is 22.0. The lowest BCUT2D eigenvalue weighted by Gasteiger charge is -2.35. The molecule has 0 bridgehead atoms. The van der Waals surface area contributed by atoms with Crippen molar-refractivity contribution in [3.05, 3.63) is 131 Å². The molecule has 0 saturated carbocycles. The summed E-state index contributed by atoms with van der Waals surface area (Å²) < 4.78 is 2.40. The van der Waals surface area contributed by atoms with Crippen molar-refractivity contribution in [1.29, 1.82) is 0 Å². The van der Waals surface area contributed by atoms with Crippen molar-refractivity contribution in [3.8, 4) is 0 Å². The van der Waals surface area contributed by atoms with Crippen molar-refractivity contribution in [2.24, 2.45) is 0 Å². The van der Waals surface area contributed by atoms with Gasteiger partial charge in [-0.15, -0.1) is 0 Å². The Labute approximate surface area is 286 Å². The molecule has 4 aromatic carbocycles. The normalized spacial score (nSPS) is 11.0. The molecular weight excluding hydrogens is 605 g/mol. The van der Waals surface area contributed by atoms with Crippen LogP contribution in [0.5, 0.6) is 0 Å². The fourth-order valence-electron chi connectivity index (χ4n) is 5.52. The molecule has 0 aliphatic heterocycles. The molecule has 47 heavy (non-hydrogen) atoms. The topological polar surface area (TPSA) is 80.3 Å². The maximum absolute atomic E-state index is 11.0. The van der Waals surface area contributed by atoms with Crippen LogP contribution in [0, 0.1) is 0 Å². The fraction of sp³-hybridized carbons (Fsp3) is 0.350. The van der Waals surface area contributed by atoms with Crippen molar-refractivity contribution in [3.63, 3.8) is 0 Å². The van der Waals surface area contributed by atoms with Crippen LogP contribution in [-0.2, 0) is 13.1 Å². The van der Waals surface area contributed by atoms with Crippen LogP contribution in [0.4, 0.5) is 0 Å². The molecule has 0 N–H and O–H groups in total. The number of hydrogen-bond acceptors (Lipinski definition) is 5. The van der Waals surface area contributed by atoms with Gasteiger partial charge in [0.05, 0.1) is 51.2 Å². The van der Waals surface area contributed by atoms with E-state index in [1.54, 1.807) is 36.4 Å². The van der Waals surface area contributed by atoms with Gasteiger partial charge in [-0.2, -0.15) is 0 Å². The van der Waals surface area contributed by atoms with Crippen LogP contribution in [0.15, 0.2) is 119 Å². The van der Waals surface area contributed by atoms with Crippen molar-refractivity contribution in [2.45, 2.75) is 64.4 Å². The van der Waals surface area contributed by atoms with Gasteiger partial charge in [0.25, 0.3) is 0 Å². The smallest absolute Gasteiger partial charge is 0.104 e. The summed E-state index contributed by atoms with van der Waals surface area (Å²) in [6.45, 7) is 23.4. The Morgan fingerprint density at radius 1 is 0.468 bits per heavy atom. The van der Waals surface area contributed by atoms with Gasteiger partial charge < -0.3 is 28.8 Å². The maximum atomic E-state index is 11.0. The SMILES string of the molecule is CC[N+](CC)(CC)Cc1ccccc1.CC[N+](CC)(CC)Cc1ccccc1.O=C([O-])c1ccccc1Sc1ccccc1C(=O)[O-]. The van der Waals surface area contributed by atoms with Crippen molar-refractivity contribution < 1.29 is 28.8 Å². The molecule has 0 spiro atoms. The van der Waals surface area contributed by atoms with Crippen molar-refractivity contribution in [1.82, 2.24) is 0 Å². The van der Waals surface area contributed by atoms with Crippen molar-refractivity contribution in [2.75, 3.05) is 39.3 Å². The average molecular weight is 657 g/mol. The van der Waals surface area contributed by atoms with Crippen LogP contribution in [0.2, 0.25) is 0 Å². The van der Waals surface area contributed by atoms with Crippen LogP contribution < -0.4 is 10.2 Å². The van der Waals surface area contributed by atoms with Gasteiger partial charge in [0.1, 0.15) is 13.1 Å². The molecule has 0 heterocycles. The zero-order valence-corrected chi connectivity index (χ0v) is 29.8. The van der Waals surface area contributed by atoms with Crippen LogP contribution in [0.1, 0.15) is 73.4 Å². The molecule has 0 radical (unpaired) electrons. The zero-order chi connectivity index (χ0) is 34.7. The fourth-order valence-corrected chi connectivity index (χ4v) is 6.57. The summed E-state index contributed by atoms with van der Waals surface area (Å²) in [6, 6.07) is 34.2. The van der Waals surface area contributed by atoms with Gasteiger partial charge in [-0.1, -0.05) is 109 Å². The van der Waals surface area contributed by atoms with E-state index in [0.717, 1.165) is 11.8 Å². The first-order chi connectivity index (χ1) is 22.6. The first kappa shape index (κ1) is 39.3. The number of quaternary nitrogens is 2. The largest absolute Gasteiger partial charge is 0.545 e. The molecule has 6 nitrogen and oxygen atoms in total. The van der Waals surface area contributed by atoms with Gasteiger partial charge in [-0.3, -0.25) is 0 Å². The van der Waals surface area contributed by atoms with E-state index in [1.165, 1.54) is 84.6 Å². The van der Waals surface area contributed by atoms with E-state index in [-0.39, 0.29) is 11.1 Å². The highest BCUT2D eigenvalue weighted by Gasteiger charge is 2.21. The summed E-state index contributed by atoms with van der Waals surface area (Å²) in [7, 11) is 0. The first-order valence-electron chi connectivity index (χ1n) is 16.7. The Morgan fingerprint density at radius 2 is 0.745 bits per heavy atom. The number of carbonyl (C=O) groups is 2. The van der Waals surface area contributed by atoms with Crippen LogP contribution in [0.3, 0.4) is 0 Å². The molecule has 4 aromatic rings. The lowest BCUT2D eigenvalue weighted by atomic mass is 10.2. The van der Waals surface area contributed by atoms with Crippen LogP contribution in [0.25, 0.3) is 0 Å². The second-order valence-corrected chi connectivity index (χ2v) is 12.6. The Bertz CT molecular complexity index is 1360. The summed E-state index contributed by atoms with van der Waals surface area (Å²) in [4.78, 5) is 22.8. The van der Waals surface area contributed by atoms with E-state index < -0.39 is 11.9 Å². The quantitative estimate of drug-likeness (QED) is 0.141. The molecule has 0 unspecified atom stereocenters. The van der Waals surface area contributed by atoms with Gasteiger partial charge in [-0.05, 0) is 53.7 Å². The number of carboxylic acids is 2. The minimum atomic E-state index is -1.30. The number of nitrogens with zero attached hydrogens (tertiary/aromatic N) is 2. The maximum Gasteiger partial charge on any atom is 0.104 e. The van der Waals surface area contributed by atoms with E-state index in [4.69, 9.17) is 0 Å². The van der Waals surface area contributed by atoms with E-state index in [2.05, 4.69) is 102 Å². The van der Waals surface area contributed by atoms with Gasteiger partial charge in [0.15, 0.2) is 0 Å². The third kappa shape index (κ3) is 12.3. The molecule has 4 rings (SSSR count). The highest BCUT2D eigenvalue weighted by Crippen LogP contribution is 2.32. The molecule has 0 aliphatic rings. The number of carbonyl (C=O) groups excluding carboxylic acids is 2. The standard InChI is InChI=1S/C14H10O4S.2C13H22N/c15-13(16)9-5-1-3-7-11(9)19-12-8-4-2-6-10(12)14(17)18;2*1-4-14(5-2,6-3)12-13-10-8-7-9-11-13/h1-8H,(H,15,16)(H,17,18);2*7-11H,4-6,12H2,1-3H3/q;2*+1/p-2. The van der Waals surface area contributed by atoms with E-state index in [1.807, 2.05) is 0 Å². The first-order valence-corrected chi connectivity index (χ1v) is 17.5. The van der Waals surface area contributed by atoms with Gasteiger partial charge in [0.2, 0.25) is 0 Å². The van der Waals surface area contributed by atoms with Gasteiger partial charge in [-0.25, -0.2) is 0 Å². The highest BCUT2D eigenvalue weighted by atomic mass is 32.2. The monoisotopic (exact) mass is 656 g/mol. The Morgan fingerprint density at radius 3 is 1.02 bits per heavy atom. The highest BCUT2D eigenvalue weighted by molar-refractivity contribution is 7.99. The molecule has 0 aliphatic carbocycles. The second-order valence-electron chi connectivity index (χ2n) is 11.5. The Kier molecular flexibility index (Phi) is 17.0. The Hall–Kier alpha value is -3.91. The Balaban J connectivity index is 0.000000250. The van der Waals surface area contributed by atoms with Gasteiger partial charge in [0, 0.05) is 32.0 Å². The number of aromatic carboxylic acids is 2. The number of rotatable bonds is 14. The van der Waals surface area contributed by atoms with E-state index in [9.17, 15) is 19.8 Å². The zero-order valence-electron chi connectivity index (χ0n) is 29.0. The summed E-state index contributed by atoms with van der Waals surface area (Å²) in [5.74, 6) is -2.59. The number of benzene rings is 4. The lowest BCUT2D eigenvalue weighted by Crippen LogP contribution is -2.46. The summed E-state index contributed by atoms with van der Waals surface area (Å²) in [6.07, 6.45) is 0. The second kappa shape index (κ2) is 20.4. The molecule has 252 valence electrons. The third-order valence-corrected chi connectivity index (χ3v) is 10.3. The van der Waals surface area contributed by atoms with Crippen molar-refractivity contribution >= 4 is 23.7 Å². The molecule has 7 heteroatoms. The summed E-state index contributed by atoms with van der Waals surface area (Å²) in [5.41, 5.74) is 2.97. The minimum Gasteiger partial charge on any atom is -0.545 e. The summed E-state index contributed by atoms with van der Waals surface area (Å²) >= 11 is 1.06. The average Bonchev–Trinajstić information content (AvgIpc) is 3.11. The predicted molar refractivity (Wildman–Crippen MR) is 190 cm³/mol. The molecule has 0 saturated heterocycles. The molecule has 0 atom stereocenters. The number of hydrogen-bond donors (Lipinski definition) is 0. The number of carboxylic acid groups (broad SMARTS) is 2. The van der Waals surface area contributed by atoms with Crippen LogP contribution in [-0.4, -0.2) is 60.2 Å². The third-order valence-electron chi connectivity index (χ3n) is 9.18. The minimum absolute atomic E-state index is 0.0284. The molecular formula is C40H52N2O4S.